The van der Waals surface area contributed by atoms with Gasteiger partial charge >= 0.3 is 0 Å². The Bertz CT molecular complexity index is 1710. The van der Waals surface area contributed by atoms with Gasteiger partial charge < -0.3 is 9.14 Å². The summed E-state index contributed by atoms with van der Waals surface area (Å²) in [6, 6.07) is 8.87. The fourth-order valence-corrected chi connectivity index (χ4v) is 7.65. The summed E-state index contributed by atoms with van der Waals surface area (Å²) in [4.78, 5) is 7.51. The van der Waals surface area contributed by atoms with Crippen molar-refractivity contribution in [1.29, 1.82) is 0 Å². The summed E-state index contributed by atoms with van der Waals surface area (Å²) in [6.07, 6.45) is 17.3. The lowest BCUT2D eigenvalue weighted by Crippen LogP contribution is -2.32. The molecule has 2 saturated heterocycles. The Morgan fingerprint density at radius 2 is 2.00 bits per heavy atom. The number of pyridine rings is 1. The van der Waals surface area contributed by atoms with Gasteiger partial charge in [0.2, 0.25) is 0 Å². The third kappa shape index (κ3) is 4.71. The Hall–Kier alpha value is -3.34. The molecule has 0 N–H and O–H groups in total. The number of hydrogen-bond acceptors (Lipinski definition) is 6. The molecule has 2 radical (unpaired) electrons. The molecule has 6 heterocycles. The molecule has 1 aromatic carbocycles. The number of ether oxygens (including phenoxy) is 1. The third-order valence-corrected chi connectivity index (χ3v) is 10.3. The van der Waals surface area contributed by atoms with Crippen LogP contribution in [0.3, 0.4) is 0 Å². The minimum Gasteiger partial charge on any atom is -0.356 e. The Balaban J connectivity index is 1.02. The largest absolute Gasteiger partial charge is 0.356 e. The molecule has 8 rings (SSSR count). The molecular formula is C31H36N8OSi. The first kappa shape index (κ1) is 25.4. The van der Waals surface area contributed by atoms with Gasteiger partial charge in [-0.2, -0.15) is 5.10 Å². The van der Waals surface area contributed by atoms with Crippen molar-refractivity contribution < 1.29 is 4.74 Å². The highest BCUT2D eigenvalue weighted by atomic mass is 28.2. The van der Waals surface area contributed by atoms with E-state index >= 15 is 0 Å². The first-order valence-electron chi connectivity index (χ1n) is 15.0. The van der Waals surface area contributed by atoms with Gasteiger partial charge in [0, 0.05) is 43.0 Å². The van der Waals surface area contributed by atoms with E-state index in [4.69, 9.17) is 14.8 Å². The van der Waals surface area contributed by atoms with E-state index in [-0.39, 0.29) is 6.23 Å². The monoisotopic (exact) mass is 564 g/mol. The van der Waals surface area contributed by atoms with Gasteiger partial charge in [0.15, 0.2) is 6.23 Å². The maximum absolute atomic E-state index is 6.06. The predicted molar refractivity (Wildman–Crippen MR) is 159 cm³/mol. The molecular weight excluding hydrogens is 528 g/mol. The van der Waals surface area contributed by atoms with Crippen LogP contribution in [0.5, 0.6) is 0 Å². The van der Waals surface area contributed by atoms with Crippen LogP contribution in [0.15, 0.2) is 49.1 Å². The topological polar surface area (TPSA) is 78.3 Å². The van der Waals surface area contributed by atoms with Crippen molar-refractivity contribution in [2.45, 2.75) is 70.8 Å². The van der Waals surface area contributed by atoms with Crippen LogP contribution in [-0.2, 0) is 17.8 Å². The smallest absolute Gasteiger partial charge is 0.150 e. The first-order chi connectivity index (χ1) is 20.1. The van der Waals surface area contributed by atoms with Gasteiger partial charge in [-0.3, -0.25) is 4.90 Å². The molecule has 5 aromatic rings. The van der Waals surface area contributed by atoms with Crippen molar-refractivity contribution >= 4 is 31.3 Å². The van der Waals surface area contributed by atoms with Crippen molar-refractivity contribution in [2.24, 2.45) is 5.41 Å². The number of hydrogen-bond donors (Lipinski definition) is 0. The maximum Gasteiger partial charge on any atom is 0.150 e. The molecule has 9 nitrogen and oxygen atoms in total. The quantitative estimate of drug-likeness (QED) is 0.272. The van der Waals surface area contributed by atoms with Gasteiger partial charge in [0.1, 0.15) is 11.3 Å². The van der Waals surface area contributed by atoms with Gasteiger partial charge in [-0.15, -0.1) is 5.10 Å². The second-order valence-corrected chi connectivity index (χ2v) is 13.3. The minimum absolute atomic E-state index is 0.00511. The maximum atomic E-state index is 6.06. The van der Waals surface area contributed by atoms with Crippen molar-refractivity contribution in [2.75, 3.05) is 19.7 Å². The molecule has 10 heteroatoms. The summed E-state index contributed by atoms with van der Waals surface area (Å²) in [5.41, 5.74) is 6.98. The molecule has 0 amide bonds. The minimum atomic E-state index is 0.00511. The molecule has 1 saturated carbocycles. The van der Waals surface area contributed by atoms with Gasteiger partial charge in [0.25, 0.3) is 0 Å². The fourth-order valence-electron chi connectivity index (χ4n) is 7.08. The van der Waals surface area contributed by atoms with Crippen molar-refractivity contribution in [1.82, 2.24) is 39.1 Å². The fraction of sp³-hybridized carbons (Fsp3) is 0.484. The van der Waals surface area contributed by atoms with Crippen LogP contribution in [0, 0.1) is 5.41 Å². The van der Waals surface area contributed by atoms with E-state index in [1.807, 2.05) is 17.1 Å². The highest BCUT2D eigenvalue weighted by Gasteiger charge is 2.42. The Morgan fingerprint density at radius 3 is 2.80 bits per heavy atom. The van der Waals surface area contributed by atoms with Gasteiger partial charge in [-0.1, -0.05) is 35.5 Å². The van der Waals surface area contributed by atoms with Gasteiger partial charge in [0.05, 0.1) is 39.7 Å². The standard InChI is InChI=1S/C31H36N8OSi/c1-41-24-13-25(26-15-32-39(28(26)14-24)30-5-2-3-12-40-30)27-20-38(35-34-27)19-23-18-37-17-22(6-7-29(37)33-23)16-36-11-10-31(21-36)8-4-9-31/h6-7,13-15,17-18,20,30H,2-5,8-12,16,19,21H2,1H3. The molecule has 3 fully saturated rings. The van der Waals surface area contributed by atoms with E-state index in [0.717, 1.165) is 59.5 Å². The number of imidazole rings is 1. The van der Waals surface area contributed by atoms with Gasteiger partial charge in [-0.25, -0.2) is 14.3 Å². The highest BCUT2D eigenvalue weighted by Crippen LogP contribution is 2.48. The Labute approximate surface area is 242 Å². The summed E-state index contributed by atoms with van der Waals surface area (Å²) in [7, 11) is 0.678. The second kappa shape index (κ2) is 10.2. The number of nitrogens with zero attached hydrogens (tertiary/aromatic N) is 8. The van der Waals surface area contributed by atoms with Crippen molar-refractivity contribution in [3.8, 4) is 11.3 Å². The number of benzene rings is 1. The zero-order valence-electron chi connectivity index (χ0n) is 23.7. The molecule has 3 aliphatic rings. The summed E-state index contributed by atoms with van der Waals surface area (Å²) in [6.45, 7) is 7.10. The molecule has 4 aromatic heterocycles. The van der Waals surface area contributed by atoms with E-state index < -0.39 is 0 Å². The normalized spacial score (nSPS) is 20.9. The average molecular weight is 565 g/mol. The zero-order chi connectivity index (χ0) is 27.4. The number of fused-ring (bicyclic) bond motifs is 2. The van der Waals surface area contributed by atoms with E-state index in [0.29, 0.717) is 21.5 Å². The average Bonchev–Trinajstić information content (AvgIpc) is 3.78. The Kier molecular flexibility index (Phi) is 6.30. The summed E-state index contributed by atoms with van der Waals surface area (Å²) >= 11 is 0. The molecule has 2 aliphatic heterocycles. The summed E-state index contributed by atoms with van der Waals surface area (Å²) in [5.74, 6) is 0. The zero-order valence-corrected chi connectivity index (χ0v) is 24.7. The molecule has 210 valence electrons. The lowest BCUT2D eigenvalue weighted by atomic mass is 9.68. The van der Waals surface area contributed by atoms with Crippen LogP contribution in [-0.4, -0.2) is 68.3 Å². The number of likely N-dealkylation sites (tertiary alicyclic amines) is 1. The lowest BCUT2D eigenvalue weighted by molar-refractivity contribution is -0.0366. The highest BCUT2D eigenvalue weighted by molar-refractivity contribution is 6.52. The van der Waals surface area contributed by atoms with Crippen molar-refractivity contribution in [3.05, 3.63) is 60.3 Å². The first-order valence-corrected chi connectivity index (χ1v) is 16.5. The van der Waals surface area contributed by atoms with E-state index in [2.05, 4.69) is 67.5 Å². The Morgan fingerprint density at radius 1 is 1.05 bits per heavy atom. The summed E-state index contributed by atoms with van der Waals surface area (Å²) < 4.78 is 12.2. The van der Waals surface area contributed by atoms with Crippen LogP contribution >= 0.6 is 0 Å². The van der Waals surface area contributed by atoms with Crippen LogP contribution in [0.1, 0.15) is 62.4 Å². The van der Waals surface area contributed by atoms with Crippen LogP contribution < -0.4 is 5.19 Å². The number of aromatic nitrogens is 7. The van der Waals surface area contributed by atoms with Crippen LogP contribution in [0.2, 0.25) is 6.55 Å². The number of rotatable bonds is 7. The molecule has 41 heavy (non-hydrogen) atoms. The third-order valence-electron chi connectivity index (χ3n) is 9.47. The summed E-state index contributed by atoms with van der Waals surface area (Å²) in [5, 5.41) is 16.2. The van der Waals surface area contributed by atoms with E-state index in [1.165, 1.54) is 55.9 Å². The van der Waals surface area contributed by atoms with Crippen LogP contribution in [0.25, 0.3) is 27.8 Å². The predicted octanol–water partition coefficient (Wildman–Crippen LogP) is 4.44. The van der Waals surface area contributed by atoms with Gasteiger partial charge in [-0.05, 0) is 68.2 Å². The SMILES string of the molecule is C[Si]c1cc(-c2cn(Cc3cn4cc(CN5CCC6(CCC6)C5)ccc4n3)nn2)c2cnn(C3CCCCO3)c2c1. The van der Waals surface area contributed by atoms with E-state index in [1.54, 1.807) is 0 Å². The second-order valence-electron chi connectivity index (χ2n) is 12.3. The molecule has 1 aliphatic carbocycles. The lowest BCUT2D eigenvalue weighted by Gasteiger charge is -2.38. The van der Waals surface area contributed by atoms with Crippen LogP contribution in [0.4, 0.5) is 0 Å². The molecule has 0 bridgehead atoms. The van der Waals surface area contributed by atoms with E-state index in [9.17, 15) is 0 Å². The van der Waals surface area contributed by atoms with Crippen molar-refractivity contribution in [3.63, 3.8) is 0 Å². The molecule has 1 atom stereocenters. The molecule has 1 unspecified atom stereocenters. The molecule has 1 spiro atoms.